The number of amides is 1. The molecule has 1 rings (SSSR count). The Morgan fingerprint density at radius 1 is 1.47 bits per heavy atom. The van der Waals surface area contributed by atoms with Gasteiger partial charge in [0.15, 0.2) is 0 Å². The summed E-state index contributed by atoms with van der Waals surface area (Å²) in [5.41, 5.74) is 3.74. The van der Waals surface area contributed by atoms with Crippen LogP contribution in [0.25, 0.3) is 0 Å². The molecular weight excluding hydrogens is 264 g/mol. The van der Waals surface area contributed by atoms with Crippen molar-refractivity contribution in [3.05, 3.63) is 23.4 Å². The summed E-state index contributed by atoms with van der Waals surface area (Å²) in [5, 5.41) is 2.72. The van der Waals surface area contributed by atoms with E-state index in [1.807, 2.05) is 13.8 Å². The van der Waals surface area contributed by atoms with Gasteiger partial charge in [-0.1, -0.05) is 13.8 Å². The highest BCUT2D eigenvalue weighted by Gasteiger charge is 2.11. The number of carbonyl (C=O) groups excluding carboxylic acids is 1. The number of nitrogens with one attached hydrogen (secondary N) is 2. The minimum absolute atomic E-state index is 0.197. The maximum Gasteiger partial charge on any atom is 0.251 e. The first-order chi connectivity index (χ1) is 8.93. The Hall–Kier alpha value is -1.47. The van der Waals surface area contributed by atoms with Crippen molar-refractivity contribution in [3.8, 4) is 0 Å². The molecule has 0 aliphatic carbocycles. The molecule has 0 bridgehead atoms. The molecule has 1 aromatic rings. The van der Waals surface area contributed by atoms with Crippen LogP contribution in [0.5, 0.6) is 0 Å². The van der Waals surface area contributed by atoms with Gasteiger partial charge in [-0.3, -0.25) is 9.00 Å². The van der Waals surface area contributed by atoms with Crippen LogP contribution in [-0.2, 0) is 10.8 Å². The first-order valence-corrected chi connectivity index (χ1v) is 7.73. The van der Waals surface area contributed by atoms with Crippen molar-refractivity contribution in [2.45, 2.75) is 19.8 Å². The van der Waals surface area contributed by atoms with Crippen molar-refractivity contribution in [1.82, 2.24) is 10.3 Å². The number of nitrogens with zero attached hydrogens (tertiary/aromatic N) is 1. The Morgan fingerprint density at radius 3 is 2.68 bits per heavy atom. The second-order valence-corrected chi connectivity index (χ2v) is 6.05. The largest absolute Gasteiger partial charge is 0.351 e. The van der Waals surface area contributed by atoms with Crippen LogP contribution in [-0.4, -0.2) is 33.7 Å². The second-order valence-electron chi connectivity index (χ2n) is 4.50. The van der Waals surface area contributed by atoms with Crippen molar-refractivity contribution >= 4 is 22.5 Å². The van der Waals surface area contributed by atoms with Crippen molar-refractivity contribution in [2.24, 2.45) is 5.84 Å². The minimum atomic E-state index is -0.916. The number of anilines is 1. The van der Waals surface area contributed by atoms with Crippen molar-refractivity contribution in [1.29, 1.82) is 0 Å². The van der Waals surface area contributed by atoms with Gasteiger partial charge >= 0.3 is 0 Å². The lowest BCUT2D eigenvalue weighted by atomic mass is 10.1. The molecule has 7 heteroatoms. The lowest BCUT2D eigenvalue weighted by Crippen LogP contribution is -2.28. The summed E-state index contributed by atoms with van der Waals surface area (Å²) in [6.07, 6.45) is 1.60. The number of nitrogens with two attached hydrogens (primary N) is 1. The van der Waals surface area contributed by atoms with E-state index in [0.29, 0.717) is 23.7 Å². The lowest BCUT2D eigenvalue weighted by Gasteiger charge is -2.11. The molecule has 0 aliphatic heterocycles. The molecule has 0 fully saturated rings. The molecule has 19 heavy (non-hydrogen) atoms. The average Bonchev–Trinajstić information content (AvgIpc) is 2.37. The number of rotatable bonds is 6. The number of hydrogen-bond donors (Lipinski definition) is 3. The van der Waals surface area contributed by atoms with E-state index in [-0.39, 0.29) is 11.8 Å². The average molecular weight is 284 g/mol. The monoisotopic (exact) mass is 284 g/mol. The normalized spacial score (nSPS) is 12.3. The Labute approximate surface area is 115 Å². The fourth-order valence-electron chi connectivity index (χ4n) is 1.46. The Bertz CT molecular complexity index is 477. The number of carbonyl (C=O) groups is 1. The van der Waals surface area contributed by atoms with E-state index in [1.165, 1.54) is 0 Å². The molecule has 1 atom stereocenters. The topological polar surface area (TPSA) is 97.1 Å². The number of hydrazine groups is 1. The second kappa shape index (κ2) is 7.20. The molecule has 1 unspecified atom stereocenters. The molecule has 1 heterocycles. The highest BCUT2D eigenvalue weighted by atomic mass is 32.2. The predicted molar refractivity (Wildman–Crippen MR) is 77.4 cm³/mol. The maximum atomic E-state index is 12.0. The third kappa shape index (κ3) is 4.96. The van der Waals surface area contributed by atoms with Crippen LogP contribution in [0, 0.1) is 0 Å². The van der Waals surface area contributed by atoms with E-state index in [4.69, 9.17) is 5.84 Å². The van der Waals surface area contributed by atoms with Crippen LogP contribution in [0.15, 0.2) is 12.1 Å². The quantitative estimate of drug-likeness (QED) is 0.525. The van der Waals surface area contributed by atoms with E-state index in [0.717, 1.165) is 5.69 Å². The molecule has 0 saturated carbocycles. The van der Waals surface area contributed by atoms with Crippen molar-refractivity contribution < 1.29 is 9.00 Å². The molecule has 1 amide bonds. The Morgan fingerprint density at radius 2 is 2.16 bits per heavy atom. The Kier molecular flexibility index (Phi) is 5.91. The third-order valence-corrected chi connectivity index (χ3v) is 3.30. The Balaban J connectivity index is 2.83. The lowest BCUT2D eigenvalue weighted by molar-refractivity contribution is 0.0956. The SMILES string of the molecule is CC(C)c1cc(C(=O)NCCS(C)=O)cc(NN)n1. The molecular formula is C12H20N4O2S. The molecule has 106 valence electrons. The first kappa shape index (κ1) is 15.6. The summed E-state index contributed by atoms with van der Waals surface area (Å²) in [5.74, 6) is 6.22. The van der Waals surface area contributed by atoms with Gasteiger partial charge in [-0.25, -0.2) is 10.8 Å². The summed E-state index contributed by atoms with van der Waals surface area (Å²) >= 11 is 0. The highest BCUT2D eigenvalue weighted by Crippen LogP contribution is 2.17. The van der Waals surface area contributed by atoms with Gasteiger partial charge in [0.05, 0.1) is 0 Å². The third-order valence-electron chi connectivity index (χ3n) is 2.52. The summed E-state index contributed by atoms with van der Waals surface area (Å²) in [4.78, 5) is 16.2. The van der Waals surface area contributed by atoms with Crippen molar-refractivity contribution in [3.63, 3.8) is 0 Å². The van der Waals surface area contributed by atoms with Crippen LogP contribution in [0.4, 0.5) is 5.82 Å². The molecule has 4 N–H and O–H groups in total. The van der Waals surface area contributed by atoms with Gasteiger partial charge in [-0.2, -0.15) is 0 Å². The van der Waals surface area contributed by atoms with Crippen LogP contribution >= 0.6 is 0 Å². The standard InChI is InChI=1S/C12H20N4O2S/c1-8(2)10-6-9(7-11(15-10)16-13)12(17)14-4-5-19(3)18/h6-8H,4-5,13H2,1-3H3,(H,14,17)(H,15,16). The fourth-order valence-corrected chi connectivity index (χ4v) is 1.85. The van der Waals surface area contributed by atoms with Gasteiger partial charge < -0.3 is 10.7 Å². The molecule has 0 aliphatic rings. The van der Waals surface area contributed by atoms with E-state index < -0.39 is 10.8 Å². The zero-order valence-electron chi connectivity index (χ0n) is 11.4. The zero-order chi connectivity index (χ0) is 14.4. The van der Waals surface area contributed by atoms with Gasteiger partial charge in [0.25, 0.3) is 5.91 Å². The summed E-state index contributed by atoms with van der Waals surface area (Å²) in [7, 11) is -0.916. The first-order valence-electron chi connectivity index (χ1n) is 6.01. The maximum absolute atomic E-state index is 12.0. The van der Waals surface area contributed by atoms with Crippen LogP contribution in [0.2, 0.25) is 0 Å². The minimum Gasteiger partial charge on any atom is -0.351 e. The van der Waals surface area contributed by atoms with E-state index in [9.17, 15) is 9.00 Å². The molecule has 0 spiro atoms. The molecule has 6 nitrogen and oxygen atoms in total. The van der Waals surface area contributed by atoms with Crippen LogP contribution in [0.1, 0.15) is 35.8 Å². The number of hydrogen-bond acceptors (Lipinski definition) is 5. The van der Waals surface area contributed by atoms with Gasteiger partial charge in [0.2, 0.25) is 0 Å². The predicted octanol–water partition coefficient (Wildman–Crippen LogP) is 0.599. The number of nitrogen functional groups attached to an aromatic ring is 1. The van der Waals surface area contributed by atoms with Crippen LogP contribution < -0.4 is 16.6 Å². The van der Waals surface area contributed by atoms with Gasteiger partial charge in [-0.05, 0) is 18.1 Å². The van der Waals surface area contributed by atoms with E-state index in [1.54, 1.807) is 18.4 Å². The van der Waals surface area contributed by atoms with E-state index >= 15 is 0 Å². The molecule has 0 saturated heterocycles. The van der Waals surface area contributed by atoms with Gasteiger partial charge in [0, 0.05) is 40.6 Å². The molecule has 0 aromatic carbocycles. The fraction of sp³-hybridized carbons (Fsp3) is 0.500. The number of aromatic nitrogens is 1. The summed E-state index contributed by atoms with van der Waals surface area (Å²) in [6, 6.07) is 3.33. The van der Waals surface area contributed by atoms with Crippen molar-refractivity contribution in [2.75, 3.05) is 24.0 Å². The number of pyridine rings is 1. The zero-order valence-corrected chi connectivity index (χ0v) is 12.2. The summed E-state index contributed by atoms with van der Waals surface area (Å²) < 4.78 is 10.9. The molecule has 0 radical (unpaired) electrons. The highest BCUT2D eigenvalue weighted by molar-refractivity contribution is 7.84. The summed E-state index contributed by atoms with van der Waals surface area (Å²) in [6.45, 7) is 4.36. The van der Waals surface area contributed by atoms with E-state index in [2.05, 4.69) is 15.7 Å². The smallest absolute Gasteiger partial charge is 0.251 e. The molecule has 1 aromatic heterocycles. The van der Waals surface area contributed by atoms with Gasteiger partial charge in [-0.15, -0.1) is 0 Å². The van der Waals surface area contributed by atoms with Gasteiger partial charge in [0.1, 0.15) is 5.82 Å². The van der Waals surface area contributed by atoms with Crippen LogP contribution in [0.3, 0.4) is 0 Å².